The number of rotatable bonds is 14. The van der Waals surface area contributed by atoms with Crippen LogP contribution in [-0.2, 0) is 21.1 Å². The first-order valence-corrected chi connectivity index (χ1v) is 15.4. The van der Waals surface area contributed by atoms with Crippen LogP contribution in [0.1, 0.15) is 55.2 Å². The van der Waals surface area contributed by atoms with E-state index in [1.165, 1.54) is 12.1 Å². The molecule has 0 radical (unpaired) electrons. The van der Waals surface area contributed by atoms with Crippen LogP contribution in [0.2, 0.25) is 0 Å². The lowest BCUT2D eigenvalue weighted by Gasteiger charge is -2.22. The number of benzene rings is 1. The number of carbonyl (C=O) groups is 4. The zero-order chi connectivity index (χ0) is 34.2. The van der Waals surface area contributed by atoms with Crippen molar-refractivity contribution in [2.45, 2.75) is 13.3 Å². The van der Waals surface area contributed by atoms with Gasteiger partial charge in [0, 0.05) is 82.9 Å². The Balaban J connectivity index is 0.00000625. The molecule has 0 fully saturated rings. The Morgan fingerprint density at radius 3 is 1.62 bits per heavy atom. The summed E-state index contributed by atoms with van der Waals surface area (Å²) in [6.45, 7) is 3.76. The van der Waals surface area contributed by atoms with Crippen LogP contribution in [0, 0.1) is 5.41 Å². The van der Waals surface area contributed by atoms with E-state index >= 15 is 0 Å². The number of nitrogens with two attached hydrogens (primary N) is 1. The van der Waals surface area contributed by atoms with Crippen molar-refractivity contribution in [1.29, 1.82) is 5.41 Å². The third-order valence-electron chi connectivity index (χ3n) is 7.40. The first kappa shape index (κ1) is 37.2. The van der Waals surface area contributed by atoms with E-state index in [1.54, 1.807) is 71.6 Å². The number of nitrogens with one attached hydrogen (secondary N) is 5. The smallest absolute Gasteiger partial charge is 0.272 e. The summed E-state index contributed by atoms with van der Waals surface area (Å²) in [7, 11) is 5.04. The molecule has 0 aliphatic carbocycles. The van der Waals surface area contributed by atoms with Crippen molar-refractivity contribution < 1.29 is 19.2 Å². The molecule has 3 aromatic heterocycles. The highest BCUT2D eigenvalue weighted by Crippen LogP contribution is 2.21. The maximum atomic E-state index is 13.2. The number of hydrogen-bond acceptors (Lipinski definition) is 6. The predicted molar refractivity (Wildman–Crippen MR) is 191 cm³/mol. The molecule has 0 saturated heterocycles. The summed E-state index contributed by atoms with van der Waals surface area (Å²) >= 11 is 5.89. The maximum absolute atomic E-state index is 13.2. The second-order valence-corrected chi connectivity index (χ2v) is 11.3. The molecule has 0 aliphatic heterocycles. The van der Waals surface area contributed by atoms with Gasteiger partial charge in [-0.3, -0.25) is 24.6 Å². The molecule has 14 nitrogen and oxygen atoms in total. The molecule has 0 aliphatic rings. The fourth-order valence-corrected chi connectivity index (χ4v) is 5.17. The molecule has 4 amide bonds. The van der Waals surface area contributed by atoms with Crippen molar-refractivity contribution in [2.75, 3.05) is 46.4 Å². The van der Waals surface area contributed by atoms with E-state index in [1.807, 2.05) is 19.1 Å². The molecule has 7 N–H and O–H groups in total. The van der Waals surface area contributed by atoms with Crippen LogP contribution in [0.25, 0.3) is 0 Å². The molecule has 1 aromatic carbocycles. The lowest BCUT2D eigenvalue weighted by Crippen LogP contribution is -2.28. The fourth-order valence-electron chi connectivity index (χ4n) is 4.97. The van der Waals surface area contributed by atoms with E-state index in [4.69, 9.17) is 22.7 Å². The van der Waals surface area contributed by atoms with Crippen LogP contribution in [-0.4, -0.2) is 68.7 Å². The minimum absolute atomic E-state index is 0. The molecule has 4 rings (SSSR count). The SMILES string of the molecule is CCN(CCCl)c1ccc(C(=O)Nc2cc(C(=O)Nc3cc(C(=O)Nc4cc(C(=O)NCCC(=N)N)n(C)c4)n(C)c3)n(C)c2)cc1.Cl. The second-order valence-electron chi connectivity index (χ2n) is 10.9. The summed E-state index contributed by atoms with van der Waals surface area (Å²) in [6, 6.07) is 11.9. The summed E-state index contributed by atoms with van der Waals surface area (Å²) in [4.78, 5) is 53.7. The molecule has 16 heteroatoms. The van der Waals surface area contributed by atoms with E-state index in [0.717, 1.165) is 12.2 Å². The van der Waals surface area contributed by atoms with Gasteiger partial charge in [-0.2, -0.15) is 0 Å². The van der Waals surface area contributed by atoms with Gasteiger partial charge in [0.15, 0.2) is 0 Å². The number of aromatic nitrogens is 3. The Labute approximate surface area is 289 Å². The first-order valence-electron chi connectivity index (χ1n) is 14.8. The normalized spacial score (nSPS) is 10.5. The molecule has 0 atom stereocenters. The minimum atomic E-state index is -0.444. The summed E-state index contributed by atoms with van der Waals surface area (Å²) in [6.07, 6.45) is 5.08. The molecule has 0 saturated carbocycles. The van der Waals surface area contributed by atoms with Gasteiger partial charge in [-0.05, 0) is 49.4 Å². The van der Waals surface area contributed by atoms with Crippen molar-refractivity contribution in [1.82, 2.24) is 19.0 Å². The van der Waals surface area contributed by atoms with E-state index in [2.05, 4.69) is 26.2 Å². The topological polar surface area (TPSA) is 184 Å². The number of halogens is 2. The van der Waals surface area contributed by atoms with Crippen LogP contribution >= 0.6 is 24.0 Å². The molecule has 4 aromatic rings. The summed E-state index contributed by atoms with van der Waals surface area (Å²) < 4.78 is 4.74. The number of carbonyl (C=O) groups excluding carboxylic acids is 4. The van der Waals surface area contributed by atoms with Gasteiger partial charge < -0.3 is 45.6 Å². The zero-order valence-corrected chi connectivity index (χ0v) is 28.7. The molecular weight excluding hydrogens is 659 g/mol. The third-order valence-corrected chi connectivity index (χ3v) is 7.57. The van der Waals surface area contributed by atoms with Gasteiger partial charge in [0.2, 0.25) is 0 Å². The summed E-state index contributed by atoms with van der Waals surface area (Å²) in [5.74, 6) is -1.08. The number of anilines is 4. The third kappa shape index (κ3) is 9.20. The highest BCUT2D eigenvalue weighted by Gasteiger charge is 2.19. The summed E-state index contributed by atoms with van der Waals surface area (Å²) in [5, 5.41) is 18.3. The van der Waals surface area contributed by atoms with Gasteiger partial charge in [0.05, 0.1) is 22.9 Å². The lowest BCUT2D eigenvalue weighted by atomic mass is 10.1. The van der Waals surface area contributed by atoms with Gasteiger partial charge in [0.1, 0.15) is 17.1 Å². The number of hydrogen-bond donors (Lipinski definition) is 6. The average Bonchev–Trinajstić information content (AvgIpc) is 3.70. The molecule has 0 spiro atoms. The molecular formula is C32H40Cl2N10O4. The zero-order valence-electron chi connectivity index (χ0n) is 27.1. The maximum Gasteiger partial charge on any atom is 0.272 e. The second kappa shape index (κ2) is 16.6. The van der Waals surface area contributed by atoms with Crippen molar-refractivity contribution in [2.24, 2.45) is 26.9 Å². The van der Waals surface area contributed by atoms with Gasteiger partial charge >= 0.3 is 0 Å². The quantitative estimate of drug-likeness (QED) is 0.0657. The van der Waals surface area contributed by atoms with Crippen molar-refractivity contribution in [3.05, 3.63) is 83.7 Å². The van der Waals surface area contributed by atoms with Gasteiger partial charge in [-0.25, -0.2) is 0 Å². The number of alkyl halides is 1. The minimum Gasteiger partial charge on any atom is -0.388 e. The van der Waals surface area contributed by atoms with Crippen LogP contribution in [0.4, 0.5) is 22.7 Å². The summed E-state index contributed by atoms with van der Waals surface area (Å²) in [5.41, 5.74) is 8.91. The van der Waals surface area contributed by atoms with E-state index in [-0.39, 0.29) is 48.7 Å². The largest absolute Gasteiger partial charge is 0.388 e. The van der Waals surface area contributed by atoms with Crippen LogP contribution in [0.15, 0.2) is 61.1 Å². The molecule has 256 valence electrons. The van der Waals surface area contributed by atoms with Crippen molar-refractivity contribution in [3.8, 4) is 0 Å². The Morgan fingerprint density at radius 2 is 1.21 bits per heavy atom. The molecule has 48 heavy (non-hydrogen) atoms. The number of amidine groups is 1. The van der Waals surface area contributed by atoms with E-state index in [0.29, 0.717) is 46.4 Å². The molecule has 3 heterocycles. The predicted octanol–water partition coefficient (Wildman–Crippen LogP) is 4.00. The van der Waals surface area contributed by atoms with Crippen molar-refractivity contribution in [3.63, 3.8) is 0 Å². The fraction of sp³-hybridized carbons (Fsp3) is 0.281. The number of amides is 4. The van der Waals surface area contributed by atoms with Crippen LogP contribution in [0.3, 0.4) is 0 Å². The Hall–Kier alpha value is -5.21. The van der Waals surface area contributed by atoms with Crippen molar-refractivity contribution >= 4 is 76.2 Å². The van der Waals surface area contributed by atoms with Gasteiger partial charge in [-0.1, -0.05) is 0 Å². The molecule has 0 bridgehead atoms. The lowest BCUT2D eigenvalue weighted by molar-refractivity contribution is 0.0944. The highest BCUT2D eigenvalue weighted by molar-refractivity contribution is 6.18. The van der Waals surface area contributed by atoms with Crippen LogP contribution < -0.4 is 31.9 Å². The standard InChI is InChI=1S/C32H39ClN10O4.ClH/c1-5-43(13-11-33)24-8-6-20(7-9-24)29(44)37-21-15-26(41(3)17-21)31(46)39-23-16-27(42(4)19-23)32(47)38-22-14-25(40(2)18-22)30(45)36-12-10-28(34)35;/h6-9,14-19H,5,10-13H2,1-4H3,(H3,34,35)(H,36,45)(H,37,44)(H,38,47)(H,39,46);1H. The Morgan fingerprint density at radius 1 is 0.771 bits per heavy atom. The number of nitrogens with zero attached hydrogens (tertiary/aromatic N) is 4. The average molecular weight is 700 g/mol. The van der Waals surface area contributed by atoms with Gasteiger partial charge in [-0.15, -0.1) is 24.0 Å². The first-order chi connectivity index (χ1) is 22.4. The van der Waals surface area contributed by atoms with Gasteiger partial charge in [0.25, 0.3) is 23.6 Å². The Bertz CT molecular complexity index is 1790. The van der Waals surface area contributed by atoms with E-state index < -0.39 is 11.8 Å². The molecule has 0 unspecified atom stereocenters. The monoisotopic (exact) mass is 698 g/mol. The highest BCUT2D eigenvalue weighted by atomic mass is 35.5. The van der Waals surface area contributed by atoms with E-state index in [9.17, 15) is 19.2 Å². The number of aryl methyl sites for hydroxylation is 3. The Kier molecular flexibility index (Phi) is 12.9. The van der Waals surface area contributed by atoms with Crippen LogP contribution in [0.5, 0.6) is 0 Å².